The average molecular weight is 642 g/mol. The summed E-state index contributed by atoms with van der Waals surface area (Å²) in [7, 11) is 1.74. The van der Waals surface area contributed by atoms with Crippen LogP contribution >= 0.6 is 11.3 Å². The number of rotatable bonds is 15. The Labute approximate surface area is 257 Å². The number of aliphatic carboxylic acids is 1. The van der Waals surface area contributed by atoms with Gasteiger partial charge in [0.1, 0.15) is 16.5 Å². The molecule has 2 heterocycles. The van der Waals surface area contributed by atoms with Gasteiger partial charge >= 0.3 is 18.1 Å². The number of carbonyl (C=O) groups is 4. The molecule has 2 aromatic heterocycles. The summed E-state index contributed by atoms with van der Waals surface area (Å²) >= 11 is 1.10. The second-order valence-electron chi connectivity index (χ2n) is 11.6. The maximum atomic E-state index is 13.2. The largest absolute Gasteiger partial charge is 0.481 e. The summed E-state index contributed by atoms with van der Waals surface area (Å²) in [4.78, 5) is 63.1. The van der Waals surface area contributed by atoms with Gasteiger partial charge in [0.2, 0.25) is 5.91 Å². The van der Waals surface area contributed by atoms with Crippen LogP contribution in [0.25, 0.3) is 0 Å². The maximum Gasteiger partial charge on any atom is 0.419 e. The fourth-order valence-corrected chi connectivity index (χ4v) is 5.58. The van der Waals surface area contributed by atoms with E-state index in [4.69, 9.17) is 4.74 Å². The fraction of sp³-hybridized carbons (Fsp3) is 0.621. The van der Waals surface area contributed by atoms with Crippen molar-refractivity contribution in [1.29, 1.82) is 0 Å². The molecule has 44 heavy (non-hydrogen) atoms. The van der Waals surface area contributed by atoms with Crippen LogP contribution in [0.4, 0.5) is 13.2 Å². The van der Waals surface area contributed by atoms with Crippen molar-refractivity contribution in [3.8, 4) is 0 Å². The first-order chi connectivity index (χ1) is 20.5. The number of nitrogens with one attached hydrogen (secondary N) is 1. The number of amides is 2. The average Bonchev–Trinajstić information content (AvgIpc) is 3.60. The lowest BCUT2D eigenvalue weighted by Gasteiger charge is -2.33. The first-order valence-electron chi connectivity index (χ1n) is 14.3. The summed E-state index contributed by atoms with van der Waals surface area (Å²) in [6, 6.07) is -1.10. The van der Waals surface area contributed by atoms with Crippen molar-refractivity contribution in [2.75, 3.05) is 7.05 Å². The topological polar surface area (TPSA) is 152 Å². The Morgan fingerprint density at radius 2 is 1.77 bits per heavy atom. The van der Waals surface area contributed by atoms with Crippen LogP contribution in [-0.2, 0) is 31.7 Å². The van der Waals surface area contributed by atoms with Gasteiger partial charge in [-0.2, -0.15) is 13.2 Å². The smallest absolute Gasteiger partial charge is 0.419 e. The molecule has 1 aliphatic carbocycles. The van der Waals surface area contributed by atoms with E-state index in [0.717, 1.165) is 24.2 Å². The number of hydrogen-bond acceptors (Lipinski definition) is 9. The van der Waals surface area contributed by atoms with Crippen LogP contribution in [0.3, 0.4) is 0 Å². The molecule has 242 valence electrons. The number of halogens is 3. The molecule has 1 aliphatic rings. The Balaban J connectivity index is 1.77. The van der Waals surface area contributed by atoms with E-state index >= 15 is 0 Å². The highest BCUT2D eigenvalue weighted by atomic mass is 32.1. The van der Waals surface area contributed by atoms with Crippen molar-refractivity contribution in [3.05, 3.63) is 39.9 Å². The van der Waals surface area contributed by atoms with Gasteiger partial charge < -0.3 is 20.1 Å². The molecule has 4 atom stereocenters. The normalized spacial score (nSPS) is 16.1. The predicted octanol–water partition coefficient (Wildman–Crippen LogP) is 4.68. The van der Waals surface area contributed by atoms with Gasteiger partial charge in [-0.3, -0.25) is 19.2 Å². The molecule has 3 unspecified atom stereocenters. The molecule has 0 aliphatic heterocycles. The molecule has 11 nitrogen and oxygen atoms in total. The lowest BCUT2D eigenvalue weighted by atomic mass is 9.96. The highest BCUT2D eigenvalue weighted by Crippen LogP contribution is 2.35. The molecule has 3 rings (SSSR count). The van der Waals surface area contributed by atoms with Crippen LogP contribution in [0.2, 0.25) is 0 Å². The molecule has 0 bridgehead atoms. The number of hydrogen-bond donors (Lipinski definition) is 2. The predicted molar refractivity (Wildman–Crippen MR) is 153 cm³/mol. The van der Waals surface area contributed by atoms with Crippen molar-refractivity contribution in [2.45, 2.75) is 90.6 Å². The van der Waals surface area contributed by atoms with Gasteiger partial charge in [0.25, 0.3) is 5.91 Å². The molecule has 0 radical (unpaired) electrons. The van der Waals surface area contributed by atoms with E-state index in [1.54, 1.807) is 11.9 Å². The van der Waals surface area contributed by atoms with Crippen LogP contribution in [0.5, 0.6) is 0 Å². The van der Waals surface area contributed by atoms with Gasteiger partial charge in [-0.15, -0.1) is 11.3 Å². The highest BCUT2D eigenvalue weighted by molar-refractivity contribution is 7.09. The fourth-order valence-electron chi connectivity index (χ4n) is 4.74. The summed E-state index contributed by atoms with van der Waals surface area (Å²) in [6.07, 6.45) is -1.53. The van der Waals surface area contributed by atoms with Crippen LogP contribution in [0, 0.1) is 17.8 Å². The SMILES string of the molecule is CC(=O)OC(CC(C(C)C)N(C)C(=O)CC1CC1)c1nc(C(=O)N[C@@H](Cc2ncc(C(F)(F)F)cn2)CC(C)C(=O)O)cs1. The molecular formula is C29H38F3N5O6S. The van der Waals surface area contributed by atoms with Gasteiger partial charge in [-0.05, 0) is 31.1 Å². The third-order valence-corrected chi connectivity index (χ3v) is 8.41. The van der Waals surface area contributed by atoms with Gasteiger partial charge in [-0.25, -0.2) is 15.0 Å². The van der Waals surface area contributed by atoms with E-state index in [-0.39, 0.29) is 48.6 Å². The van der Waals surface area contributed by atoms with Crippen LogP contribution < -0.4 is 5.32 Å². The van der Waals surface area contributed by atoms with E-state index < -0.39 is 47.6 Å². The molecule has 15 heteroatoms. The zero-order valence-corrected chi connectivity index (χ0v) is 26.1. The van der Waals surface area contributed by atoms with Gasteiger partial charge in [-0.1, -0.05) is 20.8 Å². The molecule has 2 N–H and O–H groups in total. The first kappa shape index (κ1) is 34.9. The number of carbonyl (C=O) groups excluding carboxylic acids is 3. The summed E-state index contributed by atoms with van der Waals surface area (Å²) < 4.78 is 44.3. The number of aromatic nitrogens is 3. The highest BCUT2D eigenvalue weighted by Gasteiger charge is 2.34. The van der Waals surface area contributed by atoms with Crippen molar-refractivity contribution in [1.82, 2.24) is 25.2 Å². The molecule has 2 aromatic rings. The van der Waals surface area contributed by atoms with E-state index in [0.29, 0.717) is 29.7 Å². The number of ether oxygens (including phenoxy) is 1. The third kappa shape index (κ3) is 10.2. The van der Waals surface area contributed by atoms with E-state index in [1.165, 1.54) is 19.2 Å². The zero-order chi connectivity index (χ0) is 32.8. The van der Waals surface area contributed by atoms with Gasteiger partial charge in [0.15, 0.2) is 6.10 Å². The molecule has 1 saturated carbocycles. The lowest BCUT2D eigenvalue weighted by molar-refractivity contribution is -0.148. The molecular weight excluding hydrogens is 603 g/mol. The minimum absolute atomic E-state index is 0.00476. The first-order valence-corrected chi connectivity index (χ1v) is 15.2. The Kier molecular flexibility index (Phi) is 11.8. The second kappa shape index (κ2) is 14.9. The minimum Gasteiger partial charge on any atom is -0.481 e. The summed E-state index contributed by atoms with van der Waals surface area (Å²) in [5, 5.41) is 13.9. The van der Waals surface area contributed by atoms with Crippen LogP contribution in [-0.4, -0.2) is 67.8 Å². The monoisotopic (exact) mass is 641 g/mol. The summed E-state index contributed by atoms with van der Waals surface area (Å²) in [5.74, 6) is -2.74. The van der Waals surface area contributed by atoms with E-state index in [2.05, 4.69) is 20.3 Å². The summed E-state index contributed by atoms with van der Waals surface area (Å²) in [6.45, 7) is 6.64. The number of thiazole rings is 1. The van der Waals surface area contributed by atoms with Gasteiger partial charge in [0.05, 0.1) is 11.5 Å². The van der Waals surface area contributed by atoms with Crippen LogP contribution in [0.15, 0.2) is 17.8 Å². The Morgan fingerprint density at radius 1 is 1.14 bits per heavy atom. The van der Waals surface area contributed by atoms with E-state index in [1.807, 2.05) is 13.8 Å². The number of carboxylic acid groups (broad SMARTS) is 1. The van der Waals surface area contributed by atoms with Crippen LogP contribution in [0.1, 0.15) is 92.8 Å². The van der Waals surface area contributed by atoms with Crippen molar-refractivity contribution >= 4 is 35.1 Å². The van der Waals surface area contributed by atoms with Crippen molar-refractivity contribution < 1.29 is 42.2 Å². The van der Waals surface area contributed by atoms with E-state index in [9.17, 15) is 37.5 Å². The number of nitrogens with zero attached hydrogens (tertiary/aromatic N) is 4. The quantitative estimate of drug-likeness (QED) is 0.264. The van der Waals surface area contributed by atoms with Crippen molar-refractivity contribution in [3.63, 3.8) is 0 Å². The standard InChI is InChI=1S/C29H38F3N5O6S/c1-15(2)22(37(5)25(39)9-18-6-7-18)11-23(43-17(4)38)27-36-21(14-44-27)26(40)35-20(8-16(3)28(41)42)10-24-33-12-19(13-34-24)29(30,31)32/h12-16,18,20,22-23H,6-11H2,1-5H3,(H,35,40)(H,41,42)/t16?,20-,22?,23?/m1/s1. The number of alkyl halides is 3. The number of carboxylic acids is 1. The molecule has 0 aromatic carbocycles. The number of esters is 1. The molecule has 1 fully saturated rings. The van der Waals surface area contributed by atoms with Gasteiger partial charge in [0, 0.05) is 63.1 Å². The molecule has 2 amide bonds. The zero-order valence-electron chi connectivity index (χ0n) is 25.3. The Morgan fingerprint density at radius 3 is 2.30 bits per heavy atom. The van der Waals surface area contributed by atoms with Crippen molar-refractivity contribution in [2.24, 2.45) is 17.8 Å². The molecule has 0 saturated heterocycles. The Hall–Kier alpha value is -3.62. The third-order valence-electron chi connectivity index (χ3n) is 7.47. The second-order valence-corrected chi connectivity index (χ2v) is 12.5. The Bertz CT molecular complexity index is 1320. The maximum absolute atomic E-state index is 13.2. The summed E-state index contributed by atoms with van der Waals surface area (Å²) in [5.41, 5.74) is -1.04. The lowest BCUT2D eigenvalue weighted by Crippen LogP contribution is -2.42. The molecule has 0 spiro atoms. The minimum atomic E-state index is -4.62.